The number of carbonyl (C=O) groups excluding carboxylic acids is 1. The highest BCUT2D eigenvalue weighted by Crippen LogP contribution is 2.36. The Kier molecular flexibility index (Phi) is 7.73. The molecular formula is C26H33F3N4O. The minimum absolute atomic E-state index is 0.122. The predicted molar refractivity (Wildman–Crippen MR) is 125 cm³/mol. The minimum atomic E-state index is -4.51. The number of carbonyl (C=O) groups is 1. The van der Waals surface area contributed by atoms with Crippen LogP contribution in [-0.2, 0) is 17.5 Å². The zero-order valence-corrected chi connectivity index (χ0v) is 19.7. The van der Waals surface area contributed by atoms with Crippen LogP contribution >= 0.6 is 0 Å². The van der Waals surface area contributed by atoms with Gasteiger partial charge in [-0.15, -0.1) is 0 Å². The largest absolute Gasteiger partial charge is 0.433 e. The van der Waals surface area contributed by atoms with Gasteiger partial charge >= 0.3 is 6.18 Å². The van der Waals surface area contributed by atoms with Crippen molar-refractivity contribution in [3.63, 3.8) is 0 Å². The molecule has 1 unspecified atom stereocenters. The van der Waals surface area contributed by atoms with Crippen molar-refractivity contribution in [1.29, 1.82) is 0 Å². The first-order chi connectivity index (χ1) is 16.3. The maximum atomic E-state index is 13.4. The molecule has 2 aromatic heterocycles. The highest BCUT2D eigenvalue weighted by atomic mass is 19.4. The van der Waals surface area contributed by atoms with Crippen LogP contribution in [0.25, 0.3) is 0 Å². The summed E-state index contributed by atoms with van der Waals surface area (Å²) in [5, 5.41) is 3.01. The van der Waals surface area contributed by atoms with Gasteiger partial charge in [0.25, 0.3) is 0 Å². The van der Waals surface area contributed by atoms with Crippen molar-refractivity contribution in [3.05, 3.63) is 53.5 Å². The summed E-state index contributed by atoms with van der Waals surface area (Å²) in [4.78, 5) is 23.8. The number of halogens is 3. The molecule has 8 heteroatoms. The van der Waals surface area contributed by atoms with E-state index in [-0.39, 0.29) is 24.3 Å². The van der Waals surface area contributed by atoms with Gasteiger partial charge in [-0.2, -0.15) is 13.2 Å². The van der Waals surface area contributed by atoms with Gasteiger partial charge in [-0.3, -0.25) is 9.78 Å². The Morgan fingerprint density at radius 3 is 2.47 bits per heavy atom. The molecule has 2 fully saturated rings. The minimum Gasteiger partial charge on any atom is -0.356 e. The van der Waals surface area contributed by atoms with Crippen LogP contribution in [0, 0.1) is 11.8 Å². The van der Waals surface area contributed by atoms with Crippen molar-refractivity contribution in [2.75, 3.05) is 18.0 Å². The van der Waals surface area contributed by atoms with Crippen molar-refractivity contribution in [1.82, 2.24) is 15.3 Å². The van der Waals surface area contributed by atoms with Crippen LogP contribution in [0.15, 0.2) is 36.5 Å². The van der Waals surface area contributed by atoms with Crippen molar-refractivity contribution in [2.45, 2.75) is 70.5 Å². The lowest BCUT2D eigenvalue weighted by atomic mass is 9.78. The van der Waals surface area contributed by atoms with Crippen LogP contribution in [0.1, 0.15) is 74.7 Å². The molecule has 1 saturated carbocycles. The van der Waals surface area contributed by atoms with Crippen LogP contribution in [0.3, 0.4) is 0 Å². The van der Waals surface area contributed by atoms with Gasteiger partial charge in [0.15, 0.2) is 0 Å². The molecule has 1 atom stereocenters. The van der Waals surface area contributed by atoms with E-state index < -0.39 is 11.9 Å². The molecule has 0 radical (unpaired) electrons. The Morgan fingerprint density at radius 1 is 1.09 bits per heavy atom. The van der Waals surface area contributed by atoms with Gasteiger partial charge in [0.05, 0.1) is 11.6 Å². The fourth-order valence-electron chi connectivity index (χ4n) is 5.18. The number of hydrogen-bond donors (Lipinski definition) is 1. The Hall–Kier alpha value is -2.64. The van der Waals surface area contributed by atoms with Crippen LogP contribution < -0.4 is 10.2 Å². The Labute approximate surface area is 199 Å². The average molecular weight is 475 g/mol. The van der Waals surface area contributed by atoms with Crippen LogP contribution in [0.4, 0.5) is 19.0 Å². The highest BCUT2D eigenvalue weighted by Gasteiger charge is 2.35. The van der Waals surface area contributed by atoms with E-state index in [0.717, 1.165) is 50.3 Å². The van der Waals surface area contributed by atoms with Gasteiger partial charge in [-0.05, 0) is 55.7 Å². The first kappa shape index (κ1) is 24.5. The van der Waals surface area contributed by atoms with E-state index >= 15 is 0 Å². The van der Waals surface area contributed by atoms with E-state index in [2.05, 4.69) is 22.2 Å². The molecule has 1 aliphatic carbocycles. The summed E-state index contributed by atoms with van der Waals surface area (Å²) in [6.45, 7) is 3.62. The van der Waals surface area contributed by atoms with Crippen molar-refractivity contribution in [3.8, 4) is 0 Å². The topological polar surface area (TPSA) is 58.1 Å². The van der Waals surface area contributed by atoms with Gasteiger partial charge in [0.2, 0.25) is 5.91 Å². The van der Waals surface area contributed by atoms with Crippen LogP contribution in [0.5, 0.6) is 0 Å². The second kappa shape index (κ2) is 10.7. The number of pyridine rings is 2. The summed E-state index contributed by atoms with van der Waals surface area (Å²) < 4.78 is 40.2. The summed E-state index contributed by atoms with van der Waals surface area (Å²) in [7, 11) is 0. The first-order valence-electron chi connectivity index (χ1n) is 12.3. The van der Waals surface area contributed by atoms with Gasteiger partial charge in [0.1, 0.15) is 11.5 Å². The molecule has 0 bridgehead atoms. The maximum Gasteiger partial charge on any atom is 0.433 e. The van der Waals surface area contributed by atoms with Gasteiger partial charge in [0, 0.05) is 31.4 Å². The molecule has 2 aliphatic rings. The summed E-state index contributed by atoms with van der Waals surface area (Å²) in [6.07, 6.45) is 4.35. The Bertz CT molecular complexity index is 952. The van der Waals surface area contributed by atoms with E-state index in [4.69, 9.17) is 0 Å². The Balaban J connectivity index is 1.55. The third kappa shape index (κ3) is 5.88. The molecule has 34 heavy (non-hydrogen) atoms. The highest BCUT2D eigenvalue weighted by molar-refractivity contribution is 5.83. The quantitative estimate of drug-likeness (QED) is 0.583. The Morgan fingerprint density at radius 2 is 1.82 bits per heavy atom. The molecule has 1 amide bonds. The van der Waals surface area contributed by atoms with Gasteiger partial charge in [-0.25, -0.2) is 4.98 Å². The lowest BCUT2D eigenvalue weighted by Crippen LogP contribution is -2.37. The molecular weight excluding hydrogens is 441 g/mol. The number of rotatable bonds is 6. The smallest absolute Gasteiger partial charge is 0.356 e. The zero-order chi connectivity index (χ0) is 24.1. The summed E-state index contributed by atoms with van der Waals surface area (Å²) >= 11 is 0. The summed E-state index contributed by atoms with van der Waals surface area (Å²) in [5.74, 6) is 0.609. The molecule has 1 aliphatic heterocycles. The number of nitrogens with zero attached hydrogens (tertiary/aromatic N) is 3. The number of anilines is 1. The summed E-state index contributed by atoms with van der Waals surface area (Å²) in [6, 6.07) is 8.08. The normalized spacial score (nSPS) is 19.1. The van der Waals surface area contributed by atoms with E-state index in [9.17, 15) is 18.0 Å². The average Bonchev–Trinajstić information content (AvgIpc) is 2.84. The molecule has 2 aromatic rings. The number of amides is 1. The van der Waals surface area contributed by atoms with Crippen molar-refractivity contribution < 1.29 is 18.0 Å². The van der Waals surface area contributed by atoms with E-state index in [1.807, 2.05) is 23.1 Å². The first-order valence-corrected chi connectivity index (χ1v) is 12.3. The number of hydrogen-bond acceptors (Lipinski definition) is 4. The fourth-order valence-corrected chi connectivity index (χ4v) is 5.18. The fraction of sp³-hybridized carbons (Fsp3) is 0.577. The lowest BCUT2D eigenvalue weighted by Gasteiger charge is -2.33. The van der Waals surface area contributed by atoms with Crippen LogP contribution in [0.2, 0.25) is 0 Å². The molecule has 5 nitrogen and oxygen atoms in total. The third-order valence-corrected chi connectivity index (χ3v) is 7.19. The number of nitrogens with one attached hydrogen (secondary N) is 1. The number of aromatic nitrogens is 2. The monoisotopic (exact) mass is 474 g/mol. The van der Waals surface area contributed by atoms with Gasteiger partial charge < -0.3 is 10.2 Å². The summed E-state index contributed by atoms with van der Waals surface area (Å²) in [5.41, 5.74) is 0.465. The number of piperidine rings is 1. The van der Waals surface area contributed by atoms with Crippen molar-refractivity contribution in [2.24, 2.45) is 11.8 Å². The third-order valence-electron chi connectivity index (χ3n) is 7.19. The molecule has 3 heterocycles. The standard InChI is InChI=1S/C26H33F3N4O/c1-18-12-15-33(16-13-18)24-20(10-11-22(32-24)26(27,28)29)17-31-25(34)23(19-7-3-2-4-8-19)21-9-5-6-14-30-21/h5-6,9-11,14,18-19,23H,2-4,7-8,12-13,15-17H2,1H3,(H,31,34). The van der Waals surface area contributed by atoms with Gasteiger partial charge in [-0.1, -0.05) is 38.3 Å². The van der Waals surface area contributed by atoms with Crippen molar-refractivity contribution >= 4 is 11.7 Å². The van der Waals surface area contributed by atoms with Crippen LogP contribution in [-0.4, -0.2) is 29.0 Å². The molecule has 4 rings (SSSR count). The zero-order valence-electron chi connectivity index (χ0n) is 19.7. The van der Waals surface area contributed by atoms with E-state index in [1.165, 1.54) is 12.5 Å². The molecule has 1 saturated heterocycles. The molecule has 0 spiro atoms. The molecule has 0 aromatic carbocycles. The lowest BCUT2D eigenvalue weighted by molar-refractivity contribution is -0.141. The maximum absolute atomic E-state index is 13.4. The second-order valence-electron chi connectivity index (χ2n) is 9.69. The second-order valence-corrected chi connectivity index (χ2v) is 9.69. The molecule has 184 valence electrons. The van der Waals surface area contributed by atoms with E-state index in [0.29, 0.717) is 30.4 Å². The SMILES string of the molecule is CC1CCN(c2nc(C(F)(F)F)ccc2CNC(=O)C(c2ccccn2)C2CCCCC2)CC1. The predicted octanol–water partition coefficient (Wildman–Crippen LogP) is 5.71. The molecule has 1 N–H and O–H groups in total. The number of alkyl halides is 3. The van der Waals surface area contributed by atoms with E-state index in [1.54, 1.807) is 6.20 Å².